The lowest BCUT2D eigenvalue weighted by Crippen LogP contribution is -2.22. The van der Waals surface area contributed by atoms with E-state index in [-0.39, 0.29) is 12.5 Å². The largest absolute Gasteiger partial charge is 0.465 e. The van der Waals surface area contributed by atoms with Crippen molar-refractivity contribution in [2.75, 3.05) is 24.3 Å². The van der Waals surface area contributed by atoms with Gasteiger partial charge in [-0.05, 0) is 42.8 Å². The molecule has 120 valence electrons. The van der Waals surface area contributed by atoms with E-state index in [0.717, 1.165) is 5.56 Å². The van der Waals surface area contributed by atoms with Gasteiger partial charge in [-0.15, -0.1) is 0 Å². The molecule has 0 saturated carbocycles. The van der Waals surface area contributed by atoms with Gasteiger partial charge in [-0.3, -0.25) is 4.79 Å². The molecule has 2 rings (SSSR count). The summed E-state index contributed by atoms with van der Waals surface area (Å²) in [7, 11) is 1.31. The van der Waals surface area contributed by atoms with Gasteiger partial charge in [-0.25, -0.2) is 9.18 Å². The van der Waals surface area contributed by atoms with Crippen molar-refractivity contribution in [2.45, 2.75) is 6.92 Å². The van der Waals surface area contributed by atoms with Crippen molar-refractivity contribution < 1.29 is 18.7 Å². The van der Waals surface area contributed by atoms with Crippen LogP contribution in [-0.4, -0.2) is 25.5 Å². The van der Waals surface area contributed by atoms with Crippen molar-refractivity contribution in [3.05, 3.63) is 59.4 Å². The molecule has 0 atom stereocenters. The number of carbonyl (C=O) groups excluding carboxylic acids is 2. The molecule has 0 saturated heterocycles. The Kier molecular flexibility index (Phi) is 5.30. The zero-order valence-corrected chi connectivity index (χ0v) is 12.9. The van der Waals surface area contributed by atoms with Gasteiger partial charge in [0.25, 0.3) is 0 Å². The van der Waals surface area contributed by atoms with E-state index in [9.17, 15) is 14.0 Å². The zero-order chi connectivity index (χ0) is 16.8. The minimum Gasteiger partial charge on any atom is -0.465 e. The molecule has 0 fully saturated rings. The molecular formula is C17H17FN2O3. The third-order valence-electron chi connectivity index (χ3n) is 3.21. The number of anilines is 2. The van der Waals surface area contributed by atoms with Crippen LogP contribution in [0.3, 0.4) is 0 Å². The van der Waals surface area contributed by atoms with Crippen molar-refractivity contribution in [1.29, 1.82) is 0 Å². The summed E-state index contributed by atoms with van der Waals surface area (Å²) >= 11 is 0. The standard InChI is InChI=1S/C17H17FN2O3/c1-11-6-7-12(17(22)23-2)8-15(11)19-10-16(21)20-14-5-3-4-13(18)9-14/h3-9,19H,10H2,1-2H3,(H,20,21). The molecule has 6 heteroatoms. The number of rotatable bonds is 5. The number of amides is 1. The summed E-state index contributed by atoms with van der Waals surface area (Å²) in [6, 6.07) is 10.7. The highest BCUT2D eigenvalue weighted by molar-refractivity contribution is 5.94. The Balaban J connectivity index is 2.00. The van der Waals surface area contributed by atoms with Crippen molar-refractivity contribution in [3.8, 4) is 0 Å². The van der Waals surface area contributed by atoms with Gasteiger partial charge >= 0.3 is 5.97 Å². The van der Waals surface area contributed by atoms with Crippen molar-refractivity contribution in [3.63, 3.8) is 0 Å². The van der Waals surface area contributed by atoms with Gasteiger partial charge in [0.1, 0.15) is 5.82 Å². The van der Waals surface area contributed by atoms with E-state index in [2.05, 4.69) is 15.4 Å². The first kappa shape index (κ1) is 16.5. The van der Waals surface area contributed by atoms with Gasteiger partial charge < -0.3 is 15.4 Å². The number of carbonyl (C=O) groups is 2. The lowest BCUT2D eigenvalue weighted by atomic mass is 10.1. The van der Waals surface area contributed by atoms with Gasteiger partial charge in [0.15, 0.2) is 0 Å². The number of benzene rings is 2. The molecule has 0 radical (unpaired) electrons. The Bertz CT molecular complexity index is 732. The van der Waals surface area contributed by atoms with Gasteiger partial charge in [0, 0.05) is 11.4 Å². The van der Waals surface area contributed by atoms with Crippen LogP contribution >= 0.6 is 0 Å². The molecule has 0 unspecified atom stereocenters. The maximum absolute atomic E-state index is 13.1. The average molecular weight is 316 g/mol. The number of halogens is 1. The molecular weight excluding hydrogens is 299 g/mol. The summed E-state index contributed by atoms with van der Waals surface area (Å²) in [5.41, 5.74) is 2.32. The van der Waals surface area contributed by atoms with Crippen molar-refractivity contribution in [2.24, 2.45) is 0 Å². The number of methoxy groups -OCH3 is 1. The summed E-state index contributed by atoms with van der Waals surface area (Å²) in [6.07, 6.45) is 0. The maximum Gasteiger partial charge on any atom is 0.337 e. The van der Waals surface area contributed by atoms with Crippen LogP contribution < -0.4 is 10.6 Å². The highest BCUT2D eigenvalue weighted by Crippen LogP contribution is 2.17. The third-order valence-corrected chi connectivity index (χ3v) is 3.21. The predicted molar refractivity (Wildman–Crippen MR) is 86.0 cm³/mol. The SMILES string of the molecule is COC(=O)c1ccc(C)c(NCC(=O)Nc2cccc(F)c2)c1. The Labute approximate surface area is 133 Å². The molecule has 2 aromatic rings. The second kappa shape index (κ2) is 7.40. The number of nitrogens with one attached hydrogen (secondary N) is 2. The normalized spacial score (nSPS) is 10.0. The summed E-state index contributed by atoms with van der Waals surface area (Å²) in [5, 5.41) is 5.54. The first-order chi connectivity index (χ1) is 11.0. The topological polar surface area (TPSA) is 67.4 Å². The maximum atomic E-state index is 13.1. The molecule has 0 spiro atoms. The van der Waals surface area contributed by atoms with E-state index in [4.69, 9.17) is 0 Å². The average Bonchev–Trinajstić information content (AvgIpc) is 2.53. The molecule has 0 bridgehead atoms. The Morgan fingerprint density at radius 2 is 1.96 bits per heavy atom. The number of hydrogen-bond acceptors (Lipinski definition) is 4. The van der Waals surface area contributed by atoms with Gasteiger partial charge in [-0.1, -0.05) is 12.1 Å². The van der Waals surface area contributed by atoms with Gasteiger partial charge in [-0.2, -0.15) is 0 Å². The highest BCUT2D eigenvalue weighted by Gasteiger charge is 2.09. The Morgan fingerprint density at radius 1 is 1.17 bits per heavy atom. The molecule has 1 amide bonds. The second-order valence-electron chi connectivity index (χ2n) is 4.93. The van der Waals surface area contributed by atoms with Crippen molar-refractivity contribution in [1.82, 2.24) is 0 Å². The first-order valence-electron chi connectivity index (χ1n) is 6.98. The Morgan fingerprint density at radius 3 is 2.65 bits per heavy atom. The number of ether oxygens (including phenoxy) is 1. The third kappa shape index (κ3) is 4.54. The molecule has 0 aliphatic heterocycles. The van der Waals surface area contributed by atoms with Crippen LogP contribution in [0.1, 0.15) is 15.9 Å². The van der Waals surface area contributed by atoms with Crippen LogP contribution in [0, 0.1) is 12.7 Å². The highest BCUT2D eigenvalue weighted by atomic mass is 19.1. The monoisotopic (exact) mass is 316 g/mol. The van der Waals surface area contributed by atoms with Crippen LogP contribution in [0.4, 0.5) is 15.8 Å². The lowest BCUT2D eigenvalue weighted by molar-refractivity contribution is -0.114. The van der Waals surface area contributed by atoms with Gasteiger partial charge in [0.05, 0.1) is 19.2 Å². The van der Waals surface area contributed by atoms with E-state index in [1.54, 1.807) is 24.3 Å². The molecule has 23 heavy (non-hydrogen) atoms. The van der Waals surface area contributed by atoms with Crippen LogP contribution in [0.15, 0.2) is 42.5 Å². The minimum absolute atomic E-state index is 0.0119. The summed E-state index contributed by atoms with van der Waals surface area (Å²) in [4.78, 5) is 23.4. The molecule has 0 aromatic heterocycles. The number of hydrogen-bond donors (Lipinski definition) is 2. The lowest BCUT2D eigenvalue weighted by Gasteiger charge is -2.11. The second-order valence-corrected chi connectivity index (χ2v) is 4.93. The van der Waals surface area contributed by atoms with E-state index < -0.39 is 11.8 Å². The molecule has 2 aromatic carbocycles. The van der Waals surface area contributed by atoms with E-state index in [0.29, 0.717) is 16.9 Å². The number of aryl methyl sites for hydroxylation is 1. The molecule has 0 heterocycles. The van der Waals surface area contributed by atoms with Gasteiger partial charge in [0.2, 0.25) is 5.91 Å². The molecule has 2 N–H and O–H groups in total. The summed E-state index contributed by atoms with van der Waals surface area (Å²) in [5.74, 6) is -1.19. The quantitative estimate of drug-likeness (QED) is 0.832. The van der Waals surface area contributed by atoms with E-state index in [1.807, 2.05) is 6.92 Å². The smallest absolute Gasteiger partial charge is 0.337 e. The molecule has 5 nitrogen and oxygen atoms in total. The predicted octanol–water partition coefficient (Wildman–Crippen LogP) is 2.97. The molecule has 0 aliphatic rings. The first-order valence-corrected chi connectivity index (χ1v) is 6.98. The fourth-order valence-electron chi connectivity index (χ4n) is 2.00. The van der Waals surface area contributed by atoms with Crippen LogP contribution in [0.25, 0.3) is 0 Å². The molecule has 0 aliphatic carbocycles. The summed E-state index contributed by atoms with van der Waals surface area (Å²) < 4.78 is 17.7. The Hall–Kier alpha value is -2.89. The van der Waals surface area contributed by atoms with E-state index >= 15 is 0 Å². The number of esters is 1. The fourth-order valence-corrected chi connectivity index (χ4v) is 2.00. The van der Waals surface area contributed by atoms with Crippen molar-refractivity contribution >= 4 is 23.3 Å². The van der Waals surface area contributed by atoms with Crippen LogP contribution in [-0.2, 0) is 9.53 Å². The summed E-state index contributed by atoms with van der Waals surface area (Å²) in [6.45, 7) is 1.84. The van der Waals surface area contributed by atoms with Crippen LogP contribution in [0.5, 0.6) is 0 Å². The van der Waals surface area contributed by atoms with Crippen LogP contribution in [0.2, 0.25) is 0 Å². The van der Waals surface area contributed by atoms with E-state index in [1.165, 1.54) is 25.3 Å². The fraction of sp³-hybridized carbons (Fsp3) is 0.176. The zero-order valence-electron chi connectivity index (χ0n) is 12.9. The minimum atomic E-state index is -0.447.